The lowest BCUT2D eigenvalue weighted by Gasteiger charge is -2.34. The largest absolute Gasteiger partial charge is 0.486 e. The first-order valence-corrected chi connectivity index (χ1v) is 6.45. The van der Waals surface area contributed by atoms with Crippen molar-refractivity contribution in [2.75, 3.05) is 20.3 Å². The fourth-order valence-electron chi connectivity index (χ4n) is 2.70. The molecule has 1 unspecified atom stereocenters. The smallest absolute Gasteiger partial charge is 0.161 e. The first-order valence-electron chi connectivity index (χ1n) is 6.45. The van der Waals surface area contributed by atoms with E-state index >= 15 is 0 Å². The summed E-state index contributed by atoms with van der Waals surface area (Å²) in [7, 11) is 2.04. The summed E-state index contributed by atoms with van der Waals surface area (Å²) in [5.74, 6) is 2.55. The molecule has 1 N–H and O–H groups in total. The second-order valence-electron chi connectivity index (χ2n) is 4.86. The van der Waals surface area contributed by atoms with Crippen LogP contribution in [0.5, 0.6) is 11.5 Å². The lowest BCUT2D eigenvalue weighted by atomic mass is 9.77. The number of ether oxygens (including phenoxy) is 2. The van der Waals surface area contributed by atoms with E-state index in [9.17, 15) is 0 Å². The van der Waals surface area contributed by atoms with Crippen molar-refractivity contribution in [1.82, 2.24) is 5.32 Å². The molecule has 3 rings (SSSR count). The van der Waals surface area contributed by atoms with Crippen LogP contribution in [-0.2, 0) is 0 Å². The van der Waals surface area contributed by atoms with Gasteiger partial charge in [-0.15, -0.1) is 0 Å². The molecule has 17 heavy (non-hydrogen) atoms. The van der Waals surface area contributed by atoms with Crippen LogP contribution < -0.4 is 14.8 Å². The normalized spacial score (nSPS) is 20.8. The number of fused-ring (bicyclic) bond motifs is 1. The molecule has 1 saturated carbocycles. The van der Waals surface area contributed by atoms with Gasteiger partial charge in [-0.1, -0.05) is 12.5 Å². The molecule has 2 aliphatic rings. The Morgan fingerprint density at radius 2 is 1.94 bits per heavy atom. The molecule has 0 spiro atoms. The maximum absolute atomic E-state index is 5.64. The Morgan fingerprint density at radius 3 is 2.59 bits per heavy atom. The molecule has 3 nitrogen and oxygen atoms in total. The van der Waals surface area contributed by atoms with E-state index in [1.54, 1.807) is 0 Å². The van der Waals surface area contributed by atoms with Gasteiger partial charge < -0.3 is 14.8 Å². The predicted octanol–water partition coefficient (Wildman–Crippen LogP) is 2.52. The summed E-state index contributed by atoms with van der Waals surface area (Å²) in [6.45, 7) is 1.31. The highest BCUT2D eigenvalue weighted by atomic mass is 16.6. The zero-order valence-corrected chi connectivity index (χ0v) is 10.2. The predicted molar refractivity (Wildman–Crippen MR) is 66.6 cm³/mol. The van der Waals surface area contributed by atoms with Gasteiger partial charge in [-0.3, -0.25) is 0 Å². The van der Waals surface area contributed by atoms with Gasteiger partial charge in [0.05, 0.1) is 0 Å². The average Bonchev–Trinajstić information content (AvgIpc) is 2.33. The summed E-state index contributed by atoms with van der Waals surface area (Å²) in [5.41, 5.74) is 1.32. The van der Waals surface area contributed by atoms with Crippen molar-refractivity contribution in [2.24, 2.45) is 5.92 Å². The van der Waals surface area contributed by atoms with Crippen molar-refractivity contribution in [3.8, 4) is 11.5 Å². The highest BCUT2D eigenvalue weighted by Gasteiger charge is 2.28. The van der Waals surface area contributed by atoms with Crippen LogP contribution >= 0.6 is 0 Å². The Labute approximate surface area is 102 Å². The first kappa shape index (κ1) is 10.9. The van der Waals surface area contributed by atoms with Gasteiger partial charge in [0.2, 0.25) is 0 Å². The third kappa shape index (κ3) is 2.00. The quantitative estimate of drug-likeness (QED) is 0.870. The van der Waals surface area contributed by atoms with Crippen LogP contribution in [0.3, 0.4) is 0 Å². The number of nitrogens with one attached hydrogen (secondary N) is 1. The fourth-order valence-corrected chi connectivity index (χ4v) is 2.70. The monoisotopic (exact) mass is 233 g/mol. The van der Waals surface area contributed by atoms with Crippen molar-refractivity contribution >= 4 is 0 Å². The Balaban J connectivity index is 1.86. The van der Waals surface area contributed by atoms with Crippen LogP contribution in [-0.4, -0.2) is 20.3 Å². The van der Waals surface area contributed by atoms with E-state index in [4.69, 9.17) is 9.47 Å². The minimum atomic E-state index is 0.458. The summed E-state index contributed by atoms with van der Waals surface area (Å²) in [4.78, 5) is 0. The standard InChI is InChI=1S/C14H19NO2/c1-15-14(10-3-2-4-10)11-5-6-12-13(9-11)17-8-7-16-12/h5-6,9-10,14-15H,2-4,7-8H2,1H3. The maximum atomic E-state index is 5.64. The van der Waals surface area contributed by atoms with Gasteiger partial charge >= 0.3 is 0 Å². The Bertz CT molecular complexity index is 401. The SMILES string of the molecule is CNC(c1ccc2c(c1)OCCO2)C1CCC1. The molecule has 1 atom stereocenters. The molecule has 3 heteroatoms. The van der Waals surface area contributed by atoms with Crippen LogP contribution in [0, 0.1) is 5.92 Å². The summed E-state index contributed by atoms with van der Waals surface area (Å²) in [6, 6.07) is 6.79. The molecule has 1 fully saturated rings. The third-order valence-electron chi connectivity index (χ3n) is 3.86. The molecular formula is C14H19NO2. The van der Waals surface area contributed by atoms with Crippen LogP contribution in [0.2, 0.25) is 0 Å². The molecule has 1 aromatic carbocycles. The minimum Gasteiger partial charge on any atom is -0.486 e. The van der Waals surface area contributed by atoms with Crippen molar-refractivity contribution in [2.45, 2.75) is 25.3 Å². The zero-order chi connectivity index (χ0) is 11.7. The minimum absolute atomic E-state index is 0.458. The van der Waals surface area contributed by atoms with E-state index in [1.807, 2.05) is 13.1 Å². The molecule has 0 saturated heterocycles. The van der Waals surface area contributed by atoms with Crippen molar-refractivity contribution < 1.29 is 9.47 Å². The number of benzene rings is 1. The number of hydrogen-bond acceptors (Lipinski definition) is 3. The zero-order valence-electron chi connectivity index (χ0n) is 10.2. The Hall–Kier alpha value is -1.22. The van der Waals surface area contributed by atoms with Crippen LogP contribution in [0.4, 0.5) is 0 Å². The van der Waals surface area contributed by atoms with Gasteiger partial charge in [0.25, 0.3) is 0 Å². The van der Waals surface area contributed by atoms with Crippen molar-refractivity contribution in [3.63, 3.8) is 0 Å². The van der Waals surface area contributed by atoms with Gasteiger partial charge in [0, 0.05) is 6.04 Å². The molecule has 1 aliphatic heterocycles. The summed E-state index contributed by atoms with van der Waals surface area (Å²) >= 11 is 0. The molecule has 1 heterocycles. The molecule has 1 aliphatic carbocycles. The summed E-state index contributed by atoms with van der Waals surface area (Å²) in [5, 5.41) is 3.43. The molecule has 0 bridgehead atoms. The van der Waals surface area contributed by atoms with Gasteiger partial charge in [-0.25, -0.2) is 0 Å². The molecular weight excluding hydrogens is 214 g/mol. The lowest BCUT2D eigenvalue weighted by molar-refractivity contribution is 0.170. The first-order chi connectivity index (χ1) is 8.38. The molecule has 92 valence electrons. The topological polar surface area (TPSA) is 30.5 Å². The van der Waals surface area contributed by atoms with Crippen LogP contribution in [0.25, 0.3) is 0 Å². The van der Waals surface area contributed by atoms with E-state index in [0.29, 0.717) is 19.3 Å². The fraction of sp³-hybridized carbons (Fsp3) is 0.571. The van der Waals surface area contributed by atoms with Gasteiger partial charge in [0.15, 0.2) is 11.5 Å². The second-order valence-corrected chi connectivity index (χ2v) is 4.86. The van der Waals surface area contributed by atoms with E-state index in [1.165, 1.54) is 24.8 Å². The number of hydrogen-bond donors (Lipinski definition) is 1. The number of rotatable bonds is 3. The van der Waals surface area contributed by atoms with E-state index in [0.717, 1.165) is 17.4 Å². The molecule has 0 radical (unpaired) electrons. The average molecular weight is 233 g/mol. The second kappa shape index (κ2) is 4.57. The van der Waals surface area contributed by atoms with E-state index in [-0.39, 0.29) is 0 Å². The summed E-state index contributed by atoms with van der Waals surface area (Å²) in [6.07, 6.45) is 4.04. The lowest BCUT2D eigenvalue weighted by Crippen LogP contribution is -2.29. The van der Waals surface area contributed by atoms with Crippen LogP contribution in [0.15, 0.2) is 18.2 Å². The van der Waals surface area contributed by atoms with Gasteiger partial charge in [-0.05, 0) is 43.5 Å². The third-order valence-corrected chi connectivity index (χ3v) is 3.86. The van der Waals surface area contributed by atoms with Crippen LogP contribution in [0.1, 0.15) is 30.9 Å². The molecule has 0 aromatic heterocycles. The molecule has 0 amide bonds. The van der Waals surface area contributed by atoms with E-state index < -0.39 is 0 Å². The molecule has 1 aromatic rings. The van der Waals surface area contributed by atoms with E-state index in [2.05, 4.69) is 17.4 Å². The van der Waals surface area contributed by atoms with Gasteiger partial charge in [-0.2, -0.15) is 0 Å². The Kier molecular flexibility index (Phi) is 2.93. The highest BCUT2D eigenvalue weighted by molar-refractivity contribution is 5.44. The van der Waals surface area contributed by atoms with Gasteiger partial charge in [0.1, 0.15) is 13.2 Å². The van der Waals surface area contributed by atoms with Crippen molar-refractivity contribution in [1.29, 1.82) is 0 Å². The highest BCUT2D eigenvalue weighted by Crippen LogP contribution is 2.40. The maximum Gasteiger partial charge on any atom is 0.161 e. The summed E-state index contributed by atoms with van der Waals surface area (Å²) < 4.78 is 11.2. The Morgan fingerprint density at radius 1 is 1.18 bits per heavy atom. The van der Waals surface area contributed by atoms with Crippen molar-refractivity contribution in [3.05, 3.63) is 23.8 Å².